The molecule has 0 aliphatic rings. The van der Waals surface area contributed by atoms with Crippen molar-refractivity contribution in [2.75, 3.05) is 7.11 Å². The molecule has 0 saturated heterocycles. The van der Waals surface area contributed by atoms with Gasteiger partial charge in [-0.15, -0.1) is 5.10 Å². The summed E-state index contributed by atoms with van der Waals surface area (Å²) in [6.07, 6.45) is 0. The first-order chi connectivity index (χ1) is 12.9. The van der Waals surface area contributed by atoms with Gasteiger partial charge in [-0.2, -0.15) is 0 Å². The van der Waals surface area contributed by atoms with E-state index in [4.69, 9.17) is 4.74 Å². The molecule has 1 aromatic heterocycles. The quantitative estimate of drug-likeness (QED) is 0.667. The van der Waals surface area contributed by atoms with Gasteiger partial charge in [0.2, 0.25) is 10.0 Å². The maximum absolute atomic E-state index is 12.9. The third-order valence-electron chi connectivity index (χ3n) is 4.09. The molecule has 9 heteroatoms. The predicted octanol–water partition coefficient (Wildman–Crippen LogP) is 2.16. The second kappa shape index (κ2) is 7.85. The van der Waals surface area contributed by atoms with Crippen molar-refractivity contribution in [2.45, 2.75) is 31.8 Å². The second-order valence-electron chi connectivity index (χ2n) is 6.00. The predicted molar refractivity (Wildman–Crippen MR) is 101 cm³/mol. The van der Waals surface area contributed by atoms with E-state index in [1.807, 2.05) is 38.1 Å². The van der Waals surface area contributed by atoms with Crippen LogP contribution in [-0.4, -0.2) is 35.7 Å². The molecule has 0 fully saturated rings. The molecular weight excluding hydrogens is 366 g/mol. The van der Waals surface area contributed by atoms with Gasteiger partial charge in [-0.25, -0.2) is 17.8 Å². The van der Waals surface area contributed by atoms with Crippen LogP contribution in [0, 0.1) is 6.92 Å². The Morgan fingerprint density at radius 2 is 2.00 bits per heavy atom. The molecular formula is C18H21N5O3S. The molecule has 3 rings (SSSR count). The number of ether oxygens (including phenoxy) is 1. The number of methoxy groups -OCH3 is 1. The minimum atomic E-state index is -3.80. The Balaban J connectivity index is 1.94. The number of benzene rings is 2. The molecule has 3 aromatic rings. The summed E-state index contributed by atoms with van der Waals surface area (Å²) in [6.45, 7) is 4.62. The van der Waals surface area contributed by atoms with Gasteiger partial charge < -0.3 is 4.74 Å². The number of hydrogen-bond acceptors (Lipinski definition) is 6. The van der Waals surface area contributed by atoms with Gasteiger partial charge in [0.1, 0.15) is 10.6 Å². The molecule has 0 spiro atoms. The van der Waals surface area contributed by atoms with Crippen molar-refractivity contribution in [3.05, 3.63) is 53.6 Å². The highest BCUT2D eigenvalue weighted by Gasteiger charge is 2.21. The van der Waals surface area contributed by atoms with Crippen molar-refractivity contribution in [1.29, 1.82) is 0 Å². The van der Waals surface area contributed by atoms with Crippen molar-refractivity contribution >= 4 is 10.0 Å². The third kappa shape index (κ3) is 4.15. The van der Waals surface area contributed by atoms with Crippen LogP contribution < -0.4 is 9.46 Å². The lowest BCUT2D eigenvalue weighted by molar-refractivity contribution is 0.402. The summed E-state index contributed by atoms with van der Waals surface area (Å²) in [5.41, 5.74) is 2.54. The van der Waals surface area contributed by atoms with Gasteiger partial charge >= 0.3 is 0 Å². The summed E-state index contributed by atoms with van der Waals surface area (Å²) in [5.74, 6) is 0.751. The van der Waals surface area contributed by atoms with E-state index >= 15 is 0 Å². The fraction of sp³-hybridized carbons (Fsp3) is 0.278. The number of tetrazole rings is 1. The van der Waals surface area contributed by atoms with Crippen LogP contribution in [0.25, 0.3) is 11.4 Å². The van der Waals surface area contributed by atoms with Gasteiger partial charge in [-0.1, -0.05) is 29.8 Å². The largest absolute Gasteiger partial charge is 0.495 e. The summed E-state index contributed by atoms with van der Waals surface area (Å²) in [7, 11) is -2.36. The second-order valence-corrected chi connectivity index (χ2v) is 7.73. The molecule has 1 N–H and O–H groups in total. The molecule has 0 unspecified atom stereocenters. The topological polar surface area (TPSA) is 99.0 Å². The summed E-state index contributed by atoms with van der Waals surface area (Å²) < 4.78 is 35.3. The highest BCUT2D eigenvalue weighted by molar-refractivity contribution is 7.89. The molecule has 0 radical (unpaired) electrons. The number of aryl methyl sites for hydroxylation is 2. The molecule has 0 saturated carbocycles. The van der Waals surface area contributed by atoms with Crippen molar-refractivity contribution in [1.82, 2.24) is 24.9 Å². The molecule has 27 heavy (non-hydrogen) atoms. The Morgan fingerprint density at radius 1 is 1.19 bits per heavy atom. The average Bonchev–Trinajstić information content (AvgIpc) is 3.15. The first kappa shape index (κ1) is 19.0. The minimum absolute atomic E-state index is 0.0424. The summed E-state index contributed by atoms with van der Waals surface area (Å²) in [5, 5.41) is 11.5. The summed E-state index contributed by atoms with van der Waals surface area (Å²) in [4.78, 5) is 0.0424. The average molecular weight is 387 g/mol. The molecule has 2 aromatic carbocycles. The van der Waals surface area contributed by atoms with Crippen LogP contribution in [0.15, 0.2) is 47.4 Å². The van der Waals surface area contributed by atoms with Crippen LogP contribution in [0.3, 0.4) is 0 Å². The van der Waals surface area contributed by atoms with E-state index in [2.05, 4.69) is 20.2 Å². The molecule has 0 aliphatic heterocycles. The Kier molecular flexibility index (Phi) is 5.52. The molecule has 1 heterocycles. The molecule has 142 valence electrons. The van der Waals surface area contributed by atoms with Gasteiger partial charge in [0.15, 0.2) is 5.82 Å². The summed E-state index contributed by atoms with van der Waals surface area (Å²) in [6, 6.07) is 12.5. The zero-order chi connectivity index (χ0) is 19.4. The Bertz CT molecular complexity index is 1050. The van der Waals surface area contributed by atoms with Crippen LogP contribution in [0.5, 0.6) is 5.75 Å². The maximum Gasteiger partial charge on any atom is 0.244 e. The molecule has 8 nitrogen and oxygen atoms in total. The monoisotopic (exact) mass is 387 g/mol. The van der Waals surface area contributed by atoms with Crippen molar-refractivity contribution in [2.24, 2.45) is 0 Å². The summed E-state index contributed by atoms with van der Waals surface area (Å²) >= 11 is 0. The van der Waals surface area contributed by atoms with Crippen molar-refractivity contribution in [3.8, 4) is 17.1 Å². The van der Waals surface area contributed by atoms with Crippen LogP contribution in [0.4, 0.5) is 0 Å². The number of sulfonamides is 1. The molecule has 0 aliphatic carbocycles. The molecule has 0 bridgehead atoms. The Hall–Kier alpha value is -2.78. The van der Waals surface area contributed by atoms with Crippen LogP contribution in [0.2, 0.25) is 0 Å². The zero-order valence-electron chi connectivity index (χ0n) is 15.4. The number of nitrogens with zero attached hydrogens (tertiary/aromatic N) is 4. The highest BCUT2D eigenvalue weighted by Crippen LogP contribution is 2.29. The van der Waals surface area contributed by atoms with E-state index in [0.717, 1.165) is 11.1 Å². The first-order valence-corrected chi connectivity index (χ1v) is 9.92. The Morgan fingerprint density at radius 3 is 2.70 bits per heavy atom. The third-order valence-corrected chi connectivity index (χ3v) is 5.51. The standard InChI is InChI=1S/C18H21N5O3S/c1-4-23-18(20-21-22-23)15-8-9-16(26-3)17(11-15)27(24,25)19-12-14-7-5-6-13(2)10-14/h5-11,19H,4,12H2,1-3H3. The maximum atomic E-state index is 12.9. The fourth-order valence-electron chi connectivity index (χ4n) is 2.73. The van der Waals surface area contributed by atoms with Crippen LogP contribution in [0.1, 0.15) is 18.1 Å². The first-order valence-electron chi connectivity index (χ1n) is 8.44. The zero-order valence-corrected chi connectivity index (χ0v) is 16.2. The normalized spacial score (nSPS) is 11.5. The SMILES string of the molecule is CCn1nnnc1-c1ccc(OC)c(S(=O)(=O)NCc2cccc(C)c2)c1. The van der Waals surface area contributed by atoms with Crippen LogP contribution >= 0.6 is 0 Å². The lowest BCUT2D eigenvalue weighted by Crippen LogP contribution is -2.24. The highest BCUT2D eigenvalue weighted by atomic mass is 32.2. The van der Waals surface area contributed by atoms with E-state index < -0.39 is 10.0 Å². The smallest absolute Gasteiger partial charge is 0.244 e. The van der Waals surface area contributed by atoms with E-state index in [1.54, 1.807) is 16.8 Å². The number of aromatic nitrogens is 4. The van der Waals surface area contributed by atoms with Crippen LogP contribution in [-0.2, 0) is 23.1 Å². The van der Waals surface area contributed by atoms with Gasteiger partial charge in [0, 0.05) is 18.7 Å². The Labute approximate surface area is 158 Å². The van der Waals surface area contributed by atoms with E-state index in [0.29, 0.717) is 17.9 Å². The number of hydrogen-bond donors (Lipinski definition) is 1. The molecule has 0 atom stereocenters. The number of nitrogens with one attached hydrogen (secondary N) is 1. The van der Waals surface area contributed by atoms with E-state index in [1.165, 1.54) is 13.2 Å². The van der Waals surface area contributed by atoms with Gasteiger partial charge in [-0.3, -0.25) is 0 Å². The lowest BCUT2D eigenvalue weighted by atomic mass is 10.1. The fourth-order valence-corrected chi connectivity index (χ4v) is 3.94. The molecule has 0 amide bonds. The number of rotatable bonds is 7. The van der Waals surface area contributed by atoms with Crippen molar-refractivity contribution in [3.63, 3.8) is 0 Å². The van der Waals surface area contributed by atoms with Gasteiger partial charge in [0.05, 0.1) is 7.11 Å². The van der Waals surface area contributed by atoms with Gasteiger partial charge in [0.25, 0.3) is 0 Å². The van der Waals surface area contributed by atoms with E-state index in [-0.39, 0.29) is 17.2 Å². The van der Waals surface area contributed by atoms with Gasteiger partial charge in [-0.05, 0) is 48.0 Å². The van der Waals surface area contributed by atoms with E-state index in [9.17, 15) is 8.42 Å². The minimum Gasteiger partial charge on any atom is -0.495 e. The van der Waals surface area contributed by atoms with Crippen molar-refractivity contribution < 1.29 is 13.2 Å². The lowest BCUT2D eigenvalue weighted by Gasteiger charge is -2.12.